The molecule has 1 saturated heterocycles. The predicted octanol–water partition coefficient (Wildman–Crippen LogP) is 3.13. The normalized spacial score (nSPS) is 16.1. The van der Waals surface area contributed by atoms with E-state index in [4.69, 9.17) is 0 Å². The van der Waals surface area contributed by atoms with Crippen molar-refractivity contribution in [2.45, 2.75) is 36.6 Å². The second-order valence-corrected chi connectivity index (χ2v) is 10.3. The third-order valence-electron chi connectivity index (χ3n) is 4.80. The summed E-state index contributed by atoms with van der Waals surface area (Å²) in [5.41, 5.74) is 1.21. The van der Waals surface area contributed by atoms with E-state index in [1.165, 1.54) is 16.9 Å². The van der Waals surface area contributed by atoms with E-state index in [0.29, 0.717) is 23.8 Å². The van der Waals surface area contributed by atoms with Crippen molar-refractivity contribution in [2.75, 3.05) is 27.2 Å². The van der Waals surface area contributed by atoms with Crippen LogP contribution in [-0.2, 0) is 23.1 Å². The molecule has 2 aromatic rings. The third-order valence-corrected chi connectivity index (χ3v) is 8.25. The molecule has 2 heterocycles. The Kier molecular flexibility index (Phi) is 7.09. The first-order valence-corrected chi connectivity index (χ1v) is 11.8. The smallest absolute Gasteiger partial charge is 0.252 e. The largest absolute Gasteiger partial charge is 0.351 e. The van der Waals surface area contributed by atoms with Crippen LogP contribution in [0.2, 0.25) is 0 Å². The molecule has 3 rings (SSSR count). The molecule has 152 valence electrons. The molecule has 8 heteroatoms. The van der Waals surface area contributed by atoms with Crippen molar-refractivity contribution in [3.8, 4) is 0 Å². The maximum atomic E-state index is 12.8. The first-order chi connectivity index (χ1) is 13.5. The first-order valence-electron chi connectivity index (χ1n) is 9.55. The molecule has 0 unspecified atom stereocenters. The topological polar surface area (TPSA) is 65.0 Å². The Labute approximate surface area is 171 Å². The summed E-state index contributed by atoms with van der Waals surface area (Å²) in [7, 11) is 0.385. The van der Waals surface area contributed by atoms with E-state index in [1.807, 2.05) is 36.2 Å². The molecule has 1 aliphatic rings. The Morgan fingerprint density at radius 1 is 1.14 bits per heavy atom. The number of aliphatic imine (C=N–C) groups is 1. The Morgan fingerprint density at radius 3 is 2.54 bits per heavy atom. The molecule has 0 bridgehead atoms. The van der Waals surface area contributed by atoms with Gasteiger partial charge in [-0.2, -0.15) is 4.31 Å². The predicted molar refractivity (Wildman–Crippen MR) is 115 cm³/mol. The molecule has 0 atom stereocenters. The Balaban J connectivity index is 1.59. The van der Waals surface area contributed by atoms with Crippen molar-refractivity contribution in [3.63, 3.8) is 0 Å². The van der Waals surface area contributed by atoms with Gasteiger partial charge in [0.05, 0.1) is 6.54 Å². The number of piperidine rings is 1. The van der Waals surface area contributed by atoms with Gasteiger partial charge in [-0.1, -0.05) is 36.8 Å². The highest BCUT2D eigenvalue weighted by molar-refractivity contribution is 7.91. The van der Waals surface area contributed by atoms with Crippen molar-refractivity contribution < 1.29 is 8.42 Å². The Hall–Kier alpha value is -1.90. The fourth-order valence-corrected chi connectivity index (χ4v) is 6.27. The standard InChI is InChI=1S/C20H28N4O2S2/c1-21-20(23(2)16-17-9-5-3-6-10-17)22-15-18-11-12-19(27-18)28(25,26)24-13-7-4-8-14-24/h3,5-6,9-12H,4,7-8,13-16H2,1-2H3,(H,21,22). The van der Waals surface area contributed by atoms with Crippen molar-refractivity contribution in [1.29, 1.82) is 0 Å². The van der Waals surface area contributed by atoms with E-state index in [0.717, 1.165) is 36.6 Å². The van der Waals surface area contributed by atoms with Crippen LogP contribution >= 0.6 is 11.3 Å². The molecule has 1 N–H and O–H groups in total. The average Bonchev–Trinajstić information content (AvgIpc) is 3.20. The van der Waals surface area contributed by atoms with Crippen LogP contribution in [0.1, 0.15) is 29.7 Å². The maximum Gasteiger partial charge on any atom is 0.252 e. The van der Waals surface area contributed by atoms with Crippen molar-refractivity contribution in [3.05, 3.63) is 52.9 Å². The number of hydrogen-bond acceptors (Lipinski definition) is 4. The van der Waals surface area contributed by atoms with Gasteiger partial charge in [0.2, 0.25) is 0 Å². The minimum Gasteiger partial charge on any atom is -0.351 e. The molecule has 0 spiro atoms. The highest BCUT2D eigenvalue weighted by atomic mass is 32.2. The van der Waals surface area contributed by atoms with Gasteiger partial charge in [-0.05, 0) is 30.5 Å². The van der Waals surface area contributed by atoms with Crippen LogP contribution in [0, 0.1) is 0 Å². The summed E-state index contributed by atoms with van der Waals surface area (Å²) >= 11 is 1.34. The number of thiophene rings is 1. The van der Waals surface area contributed by atoms with E-state index < -0.39 is 10.0 Å². The number of rotatable bonds is 6. The first kappa shape index (κ1) is 20.8. The van der Waals surface area contributed by atoms with E-state index >= 15 is 0 Å². The zero-order chi connectivity index (χ0) is 20.0. The number of guanidine groups is 1. The fraction of sp³-hybridized carbons (Fsp3) is 0.450. The van der Waals surface area contributed by atoms with Gasteiger partial charge in [0.1, 0.15) is 4.21 Å². The van der Waals surface area contributed by atoms with Gasteiger partial charge < -0.3 is 10.2 Å². The van der Waals surface area contributed by atoms with E-state index in [1.54, 1.807) is 17.4 Å². The highest BCUT2D eigenvalue weighted by Gasteiger charge is 2.27. The zero-order valence-corrected chi connectivity index (χ0v) is 18.1. The van der Waals surface area contributed by atoms with Gasteiger partial charge in [-0.15, -0.1) is 11.3 Å². The zero-order valence-electron chi connectivity index (χ0n) is 16.5. The molecule has 0 aliphatic carbocycles. The lowest BCUT2D eigenvalue weighted by Crippen LogP contribution is -2.37. The molecule has 1 fully saturated rings. The van der Waals surface area contributed by atoms with Crippen molar-refractivity contribution in [1.82, 2.24) is 14.5 Å². The fourth-order valence-electron chi connectivity index (χ4n) is 3.31. The van der Waals surface area contributed by atoms with Gasteiger partial charge in [-0.3, -0.25) is 4.99 Å². The molecule has 0 amide bonds. The molecular formula is C20H28N4O2S2. The van der Waals surface area contributed by atoms with E-state index in [-0.39, 0.29) is 0 Å². The van der Waals surface area contributed by atoms with Crippen LogP contribution in [0.3, 0.4) is 0 Å². The van der Waals surface area contributed by atoms with Gasteiger partial charge >= 0.3 is 0 Å². The SMILES string of the molecule is CN=C(NCc1ccc(S(=O)(=O)N2CCCCC2)s1)N(C)Cc1ccccc1. The Bertz CT molecular complexity index is 888. The number of hydrogen-bond donors (Lipinski definition) is 1. The summed E-state index contributed by atoms with van der Waals surface area (Å²) in [6, 6.07) is 13.8. The van der Waals surface area contributed by atoms with Crippen LogP contribution in [0.4, 0.5) is 0 Å². The van der Waals surface area contributed by atoms with E-state index in [2.05, 4.69) is 22.4 Å². The number of benzene rings is 1. The second-order valence-electron chi connectivity index (χ2n) is 6.93. The van der Waals surface area contributed by atoms with Gasteiger partial charge in [-0.25, -0.2) is 8.42 Å². The maximum absolute atomic E-state index is 12.8. The summed E-state index contributed by atoms with van der Waals surface area (Å²) in [6.45, 7) is 2.56. The summed E-state index contributed by atoms with van der Waals surface area (Å²) < 4.78 is 27.6. The molecule has 1 aliphatic heterocycles. The molecule has 0 saturated carbocycles. The average molecular weight is 421 g/mol. The lowest BCUT2D eigenvalue weighted by Gasteiger charge is -2.25. The summed E-state index contributed by atoms with van der Waals surface area (Å²) in [5, 5.41) is 3.33. The quantitative estimate of drug-likeness (QED) is 0.576. The lowest BCUT2D eigenvalue weighted by molar-refractivity contribution is 0.347. The lowest BCUT2D eigenvalue weighted by atomic mass is 10.2. The number of nitrogens with zero attached hydrogens (tertiary/aromatic N) is 3. The number of nitrogens with one attached hydrogen (secondary N) is 1. The van der Waals surface area contributed by atoms with Gasteiger partial charge in [0, 0.05) is 38.6 Å². The molecule has 1 aromatic heterocycles. The Morgan fingerprint density at radius 2 is 1.86 bits per heavy atom. The second kappa shape index (κ2) is 9.54. The minimum absolute atomic E-state index is 0.429. The minimum atomic E-state index is -3.36. The highest BCUT2D eigenvalue weighted by Crippen LogP contribution is 2.27. The summed E-state index contributed by atoms with van der Waals surface area (Å²) in [5.74, 6) is 0.776. The monoisotopic (exact) mass is 420 g/mol. The molecular weight excluding hydrogens is 392 g/mol. The summed E-state index contributed by atoms with van der Waals surface area (Å²) in [6.07, 6.45) is 3.01. The van der Waals surface area contributed by atoms with Crippen LogP contribution in [0.15, 0.2) is 51.7 Å². The third kappa shape index (κ3) is 5.12. The van der Waals surface area contributed by atoms with Crippen LogP contribution < -0.4 is 5.32 Å². The van der Waals surface area contributed by atoms with Gasteiger partial charge in [0.15, 0.2) is 5.96 Å². The van der Waals surface area contributed by atoms with Gasteiger partial charge in [0.25, 0.3) is 10.0 Å². The van der Waals surface area contributed by atoms with Crippen molar-refractivity contribution in [2.24, 2.45) is 4.99 Å². The molecule has 6 nitrogen and oxygen atoms in total. The summed E-state index contributed by atoms with van der Waals surface area (Å²) in [4.78, 5) is 7.36. The molecule has 28 heavy (non-hydrogen) atoms. The van der Waals surface area contributed by atoms with Crippen LogP contribution in [0.25, 0.3) is 0 Å². The van der Waals surface area contributed by atoms with Crippen LogP contribution in [0.5, 0.6) is 0 Å². The molecule has 0 radical (unpaired) electrons. The van der Waals surface area contributed by atoms with Crippen molar-refractivity contribution >= 4 is 27.3 Å². The van der Waals surface area contributed by atoms with Crippen LogP contribution in [-0.4, -0.2) is 50.8 Å². The van der Waals surface area contributed by atoms with E-state index in [9.17, 15) is 8.42 Å². The molecule has 1 aromatic carbocycles. The number of sulfonamides is 1.